The first kappa shape index (κ1) is 34.1. The predicted molar refractivity (Wildman–Crippen MR) is 258 cm³/mol. The van der Waals surface area contributed by atoms with Crippen LogP contribution in [0.15, 0.2) is 203 Å². The molecule has 292 valence electrons. The SMILES string of the molecule is c1ccc(-c2nc(-c3cccc4oc5ccccc5c34)nc(-c3ccc(-n4c5cc6ccccc6cc5c5cc6ccccc6cc54)c4oc5cc6ccccc6cc5c34)n2)cc1. The average molecular weight is 805 g/mol. The van der Waals surface area contributed by atoms with Crippen molar-refractivity contribution in [3.05, 3.63) is 194 Å². The molecule has 63 heavy (non-hydrogen) atoms. The van der Waals surface area contributed by atoms with E-state index in [-0.39, 0.29) is 0 Å². The summed E-state index contributed by atoms with van der Waals surface area (Å²) in [6.07, 6.45) is 0. The Morgan fingerprint density at radius 1 is 0.333 bits per heavy atom. The van der Waals surface area contributed by atoms with Crippen molar-refractivity contribution in [2.45, 2.75) is 0 Å². The predicted octanol–water partition coefficient (Wildman–Crippen LogP) is 15.2. The maximum absolute atomic E-state index is 7.17. The molecule has 0 unspecified atom stereocenters. The van der Waals surface area contributed by atoms with Crippen LogP contribution in [0.1, 0.15) is 0 Å². The number of nitrogens with zero attached hydrogens (tertiary/aromatic N) is 4. The molecule has 0 atom stereocenters. The summed E-state index contributed by atoms with van der Waals surface area (Å²) in [5.41, 5.74) is 8.91. The molecule has 4 aromatic heterocycles. The number of aromatic nitrogens is 4. The van der Waals surface area contributed by atoms with Gasteiger partial charge in [0.25, 0.3) is 0 Å². The van der Waals surface area contributed by atoms with Crippen LogP contribution in [-0.2, 0) is 0 Å². The van der Waals surface area contributed by atoms with E-state index in [0.717, 1.165) is 88.1 Å². The molecule has 0 aliphatic rings. The lowest BCUT2D eigenvalue weighted by Crippen LogP contribution is -2.01. The van der Waals surface area contributed by atoms with Crippen molar-refractivity contribution in [3.8, 4) is 39.9 Å². The van der Waals surface area contributed by atoms with E-state index in [2.05, 4.69) is 138 Å². The molecule has 0 saturated carbocycles. The molecule has 0 radical (unpaired) electrons. The highest BCUT2D eigenvalue weighted by molar-refractivity contribution is 6.21. The van der Waals surface area contributed by atoms with Crippen molar-refractivity contribution in [2.24, 2.45) is 0 Å². The largest absolute Gasteiger partial charge is 0.456 e. The van der Waals surface area contributed by atoms with Gasteiger partial charge in [-0.15, -0.1) is 0 Å². The van der Waals surface area contributed by atoms with Crippen LogP contribution in [0.4, 0.5) is 0 Å². The van der Waals surface area contributed by atoms with Gasteiger partial charge in [-0.1, -0.05) is 133 Å². The normalized spacial score (nSPS) is 12.1. The van der Waals surface area contributed by atoms with Crippen LogP contribution in [0, 0.1) is 0 Å². The van der Waals surface area contributed by atoms with Gasteiger partial charge in [-0.25, -0.2) is 15.0 Å². The fourth-order valence-electron chi connectivity index (χ4n) is 9.86. The van der Waals surface area contributed by atoms with Gasteiger partial charge >= 0.3 is 0 Å². The summed E-state index contributed by atoms with van der Waals surface area (Å²) in [5, 5.41) is 13.3. The number of hydrogen-bond donors (Lipinski definition) is 0. The van der Waals surface area contributed by atoms with Gasteiger partial charge in [-0.05, 0) is 93.0 Å². The zero-order valence-electron chi connectivity index (χ0n) is 33.6. The number of rotatable bonds is 4. The molecule has 14 rings (SSSR count). The number of benzene rings is 10. The Labute approximate surface area is 358 Å². The van der Waals surface area contributed by atoms with Crippen LogP contribution in [0.2, 0.25) is 0 Å². The summed E-state index contributed by atoms with van der Waals surface area (Å²) in [7, 11) is 0. The molecule has 6 nitrogen and oxygen atoms in total. The van der Waals surface area contributed by atoms with Crippen LogP contribution in [0.3, 0.4) is 0 Å². The van der Waals surface area contributed by atoms with E-state index in [1.54, 1.807) is 0 Å². The molecule has 14 aromatic rings. The minimum Gasteiger partial charge on any atom is -0.456 e. The zero-order valence-corrected chi connectivity index (χ0v) is 33.6. The number of para-hydroxylation sites is 1. The first-order chi connectivity index (χ1) is 31.2. The Hall–Kier alpha value is -8.61. The number of hydrogen-bond acceptors (Lipinski definition) is 5. The third-order valence-corrected chi connectivity index (χ3v) is 12.8. The van der Waals surface area contributed by atoms with E-state index in [1.165, 1.54) is 32.3 Å². The van der Waals surface area contributed by atoms with Gasteiger partial charge < -0.3 is 13.4 Å². The first-order valence-electron chi connectivity index (χ1n) is 21.2. The molecule has 0 aliphatic carbocycles. The Morgan fingerprint density at radius 2 is 0.857 bits per heavy atom. The van der Waals surface area contributed by atoms with E-state index in [4.69, 9.17) is 23.8 Å². The molecule has 0 aliphatic heterocycles. The lowest BCUT2D eigenvalue weighted by molar-refractivity contribution is 0.667. The summed E-state index contributed by atoms with van der Waals surface area (Å²) < 4.78 is 15.9. The molecule has 0 amide bonds. The summed E-state index contributed by atoms with van der Waals surface area (Å²) >= 11 is 0. The fraction of sp³-hybridized carbons (Fsp3) is 0. The smallest absolute Gasteiger partial charge is 0.164 e. The summed E-state index contributed by atoms with van der Waals surface area (Å²) in [5.74, 6) is 1.69. The highest BCUT2D eigenvalue weighted by atomic mass is 16.3. The van der Waals surface area contributed by atoms with Gasteiger partial charge in [0.15, 0.2) is 23.1 Å². The van der Waals surface area contributed by atoms with E-state index in [0.29, 0.717) is 17.5 Å². The second kappa shape index (κ2) is 12.9. The van der Waals surface area contributed by atoms with Crippen LogP contribution in [0.5, 0.6) is 0 Å². The molecule has 6 heteroatoms. The quantitative estimate of drug-likeness (QED) is 0.177. The maximum atomic E-state index is 7.17. The van der Waals surface area contributed by atoms with Crippen LogP contribution >= 0.6 is 0 Å². The van der Waals surface area contributed by atoms with E-state index in [1.807, 2.05) is 60.7 Å². The zero-order chi connectivity index (χ0) is 41.2. The third-order valence-electron chi connectivity index (χ3n) is 12.8. The second-order valence-electron chi connectivity index (χ2n) is 16.4. The summed E-state index contributed by atoms with van der Waals surface area (Å²) in [4.78, 5) is 15.9. The Kier molecular flexibility index (Phi) is 7.02. The monoisotopic (exact) mass is 804 g/mol. The minimum absolute atomic E-state index is 0.551. The summed E-state index contributed by atoms with van der Waals surface area (Å²) in [6, 6.07) is 68.0. The fourth-order valence-corrected chi connectivity index (χ4v) is 9.86. The van der Waals surface area contributed by atoms with Gasteiger partial charge in [-0.2, -0.15) is 0 Å². The van der Waals surface area contributed by atoms with Crippen LogP contribution < -0.4 is 0 Å². The van der Waals surface area contributed by atoms with Crippen molar-refractivity contribution < 1.29 is 8.83 Å². The van der Waals surface area contributed by atoms with Crippen molar-refractivity contribution in [1.82, 2.24) is 19.5 Å². The Balaban J connectivity index is 1.11. The summed E-state index contributed by atoms with van der Waals surface area (Å²) in [6.45, 7) is 0. The maximum Gasteiger partial charge on any atom is 0.164 e. The lowest BCUT2D eigenvalue weighted by Gasteiger charge is -2.13. The Morgan fingerprint density at radius 3 is 1.52 bits per heavy atom. The van der Waals surface area contributed by atoms with Crippen molar-refractivity contribution in [2.75, 3.05) is 0 Å². The molecule has 4 heterocycles. The van der Waals surface area contributed by atoms with E-state index >= 15 is 0 Å². The molecule has 0 fully saturated rings. The van der Waals surface area contributed by atoms with Crippen molar-refractivity contribution in [1.29, 1.82) is 0 Å². The number of fused-ring (bicyclic) bond motifs is 12. The molecule has 0 spiro atoms. The molecular formula is C57H32N4O2. The van der Waals surface area contributed by atoms with Crippen LogP contribution in [-0.4, -0.2) is 19.5 Å². The topological polar surface area (TPSA) is 69.9 Å². The van der Waals surface area contributed by atoms with Gasteiger partial charge in [0.2, 0.25) is 0 Å². The van der Waals surface area contributed by atoms with Gasteiger partial charge in [0.1, 0.15) is 16.7 Å². The van der Waals surface area contributed by atoms with Crippen molar-refractivity contribution >= 4 is 98.0 Å². The lowest BCUT2D eigenvalue weighted by atomic mass is 10.0. The van der Waals surface area contributed by atoms with Crippen LogP contribution in [0.25, 0.3) is 138 Å². The van der Waals surface area contributed by atoms with Gasteiger partial charge in [-0.3, -0.25) is 0 Å². The molecule has 0 bridgehead atoms. The molecular weight excluding hydrogens is 773 g/mol. The van der Waals surface area contributed by atoms with Gasteiger partial charge in [0, 0.05) is 49.0 Å². The molecule has 0 N–H and O–H groups in total. The highest BCUT2D eigenvalue weighted by Gasteiger charge is 2.25. The van der Waals surface area contributed by atoms with E-state index in [9.17, 15) is 0 Å². The third kappa shape index (κ3) is 5.09. The highest BCUT2D eigenvalue weighted by Crippen LogP contribution is 2.45. The van der Waals surface area contributed by atoms with E-state index < -0.39 is 0 Å². The standard InChI is InChI=1S/C57H32N4O2/c1-2-13-33(14-3-1)55-58-56(41-22-12-24-50-52(41)40-21-10-11-23-49(40)62-50)60-57(59-55)42-25-26-46(54-53(42)45-29-36-17-6-9-20-39(36)32-51(45)63-54)61-47-30-37-18-7-4-15-34(37)27-43(47)44-28-35-16-5-8-19-38(35)31-48(44)61/h1-32H. The van der Waals surface area contributed by atoms with Crippen molar-refractivity contribution in [3.63, 3.8) is 0 Å². The Bertz CT molecular complexity index is 4120. The first-order valence-corrected chi connectivity index (χ1v) is 21.2. The van der Waals surface area contributed by atoms with Gasteiger partial charge in [0.05, 0.1) is 16.7 Å². The molecule has 0 saturated heterocycles. The molecule has 10 aromatic carbocycles. The second-order valence-corrected chi connectivity index (χ2v) is 16.4. The average Bonchev–Trinajstić information content (AvgIpc) is 4.01. The minimum atomic E-state index is 0.551. The number of furan rings is 2.